The zero-order valence-corrected chi connectivity index (χ0v) is 13.6. The van der Waals surface area contributed by atoms with Crippen molar-refractivity contribution in [1.29, 1.82) is 0 Å². The SMILES string of the molecule is CCOC(C)c1nc(Cn2ncc3ccc([N+](=O)[O-])cc32)cs1. The Kier molecular flexibility index (Phi) is 4.35. The van der Waals surface area contributed by atoms with Crippen LogP contribution in [0.3, 0.4) is 0 Å². The second kappa shape index (κ2) is 6.43. The Morgan fingerprint density at radius 2 is 2.30 bits per heavy atom. The van der Waals surface area contributed by atoms with Crippen LogP contribution in [0.2, 0.25) is 0 Å². The molecule has 7 nitrogen and oxygen atoms in total. The van der Waals surface area contributed by atoms with Gasteiger partial charge in [-0.3, -0.25) is 14.8 Å². The molecule has 1 atom stereocenters. The lowest BCUT2D eigenvalue weighted by atomic mass is 10.2. The molecule has 0 aliphatic rings. The highest BCUT2D eigenvalue weighted by Crippen LogP contribution is 2.24. The molecule has 8 heteroatoms. The van der Waals surface area contributed by atoms with E-state index in [1.54, 1.807) is 34.3 Å². The van der Waals surface area contributed by atoms with Crippen LogP contribution < -0.4 is 0 Å². The third-order valence-corrected chi connectivity index (χ3v) is 4.54. The maximum Gasteiger partial charge on any atom is 0.271 e. The quantitative estimate of drug-likeness (QED) is 0.509. The Labute approximate surface area is 136 Å². The molecule has 0 aliphatic carbocycles. The number of hydrogen-bond donors (Lipinski definition) is 0. The second-order valence-electron chi connectivity index (χ2n) is 5.08. The molecule has 0 saturated heterocycles. The van der Waals surface area contributed by atoms with Gasteiger partial charge in [-0.25, -0.2) is 4.98 Å². The number of rotatable bonds is 6. The van der Waals surface area contributed by atoms with Crippen LogP contribution in [0.5, 0.6) is 0 Å². The van der Waals surface area contributed by atoms with Crippen LogP contribution in [0.25, 0.3) is 10.9 Å². The summed E-state index contributed by atoms with van der Waals surface area (Å²) in [5, 5.41) is 19.0. The molecule has 3 aromatic rings. The third-order valence-electron chi connectivity index (χ3n) is 3.48. The number of benzene rings is 1. The third kappa shape index (κ3) is 3.22. The van der Waals surface area contributed by atoms with Crippen molar-refractivity contribution in [2.75, 3.05) is 6.61 Å². The summed E-state index contributed by atoms with van der Waals surface area (Å²) in [6.07, 6.45) is 1.67. The van der Waals surface area contributed by atoms with Crippen molar-refractivity contribution in [3.63, 3.8) is 0 Å². The fourth-order valence-corrected chi connectivity index (χ4v) is 3.17. The summed E-state index contributed by atoms with van der Waals surface area (Å²) < 4.78 is 7.27. The number of non-ortho nitro benzene ring substituents is 1. The Morgan fingerprint density at radius 1 is 1.48 bits per heavy atom. The number of aromatic nitrogens is 3. The van der Waals surface area contributed by atoms with E-state index in [2.05, 4.69) is 10.1 Å². The highest BCUT2D eigenvalue weighted by molar-refractivity contribution is 7.09. The second-order valence-corrected chi connectivity index (χ2v) is 5.97. The molecule has 0 bridgehead atoms. The van der Waals surface area contributed by atoms with E-state index in [9.17, 15) is 10.1 Å². The molecule has 1 unspecified atom stereocenters. The first-order chi connectivity index (χ1) is 11.1. The van der Waals surface area contributed by atoms with Crippen LogP contribution in [0, 0.1) is 10.1 Å². The average molecular weight is 332 g/mol. The molecule has 0 fully saturated rings. The molecule has 0 N–H and O–H groups in total. The van der Waals surface area contributed by atoms with Gasteiger partial charge in [-0.2, -0.15) is 5.10 Å². The number of hydrogen-bond acceptors (Lipinski definition) is 6. The fourth-order valence-electron chi connectivity index (χ4n) is 2.36. The van der Waals surface area contributed by atoms with Crippen LogP contribution in [0.15, 0.2) is 29.8 Å². The van der Waals surface area contributed by atoms with Crippen molar-refractivity contribution < 1.29 is 9.66 Å². The van der Waals surface area contributed by atoms with Gasteiger partial charge in [0.15, 0.2) is 0 Å². The van der Waals surface area contributed by atoms with Gasteiger partial charge in [0.1, 0.15) is 11.1 Å². The normalized spacial score (nSPS) is 12.6. The number of ether oxygens (including phenoxy) is 1. The van der Waals surface area contributed by atoms with Crippen molar-refractivity contribution in [3.05, 3.63) is 50.6 Å². The molecule has 0 saturated carbocycles. The topological polar surface area (TPSA) is 83.1 Å². The number of nitro benzene ring substituents is 1. The molecule has 0 amide bonds. The molecule has 0 radical (unpaired) electrons. The van der Waals surface area contributed by atoms with Gasteiger partial charge < -0.3 is 4.74 Å². The van der Waals surface area contributed by atoms with Gasteiger partial charge in [-0.05, 0) is 19.9 Å². The number of nitro groups is 1. The monoisotopic (exact) mass is 332 g/mol. The van der Waals surface area contributed by atoms with Crippen LogP contribution in [0.4, 0.5) is 5.69 Å². The Balaban J connectivity index is 1.86. The van der Waals surface area contributed by atoms with Crippen molar-refractivity contribution >= 4 is 27.9 Å². The average Bonchev–Trinajstić information content (AvgIpc) is 3.15. The molecule has 23 heavy (non-hydrogen) atoms. The summed E-state index contributed by atoms with van der Waals surface area (Å²) in [4.78, 5) is 15.1. The Bertz CT molecular complexity index is 842. The van der Waals surface area contributed by atoms with E-state index >= 15 is 0 Å². The van der Waals surface area contributed by atoms with E-state index in [4.69, 9.17) is 4.74 Å². The summed E-state index contributed by atoms with van der Waals surface area (Å²) in [7, 11) is 0. The van der Waals surface area contributed by atoms with E-state index in [0.29, 0.717) is 13.2 Å². The van der Waals surface area contributed by atoms with Crippen molar-refractivity contribution in [2.45, 2.75) is 26.5 Å². The van der Waals surface area contributed by atoms with E-state index in [-0.39, 0.29) is 11.8 Å². The lowest BCUT2D eigenvalue weighted by molar-refractivity contribution is -0.384. The largest absolute Gasteiger partial charge is 0.372 e. The number of thiazole rings is 1. The fraction of sp³-hybridized carbons (Fsp3) is 0.333. The van der Waals surface area contributed by atoms with Crippen LogP contribution in [-0.2, 0) is 11.3 Å². The summed E-state index contributed by atoms with van der Waals surface area (Å²) in [6.45, 7) is 5.04. The minimum absolute atomic E-state index is 0.0331. The number of nitrogens with zero attached hydrogens (tertiary/aromatic N) is 4. The lowest BCUT2D eigenvalue weighted by Crippen LogP contribution is -2.03. The molecular formula is C15H16N4O3S. The van der Waals surface area contributed by atoms with Gasteiger partial charge in [0.05, 0.1) is 28.9 Å². The number of fused-ring (bicyclic) bond motifs is 1. The van der Waals surface area contributed by atoms with Gasteiger partial charge in [0, 0.05) is 29.5 Å². The maximum atomic E-state index is 10.9. The van der Waals surface area contributed by atoms with E-state index in [1.165, 1.54) is 6.07 Å². The van der Waals surface area contributed by atoms with Crippen molar-refractivity contribution in [3.8, 4) is 0 Å². The zero-order chi connectivity index (χ0) is 16.4. The highest BCUT2D eigenvalue weighted by Gasteiger charge is 2.13. The minimum Gasteiger partial charge on any atom is -0.372 e. The van der Waals surface area contributed by atoms with Gasteiger partial charge in [-0.15, -0.1) is 11.3 Å². The lowest BCUT2D eigenvalue weighted by Gasteiger charge is -2.07. The van der Waals surface area contributed by atoms with Gasteiger partial charge in [0.25, 0.3) is 5.69 Å². The van der Waals surface area contributed by atoms with Crippen molar-refractivity contribution in [2.24, 2.45) is 0 Å². The summed E-state index contributed by atoms with van der Waals surface area (Å²) in [5.74, 6) is 0. The standard InChI is InChI=1S/C15H16N4O3S/c1-3-22-10(2)15-17-12(9-23-15)8-18-14-6-13(19(20)21)5-4-11(14)7-16-18/h4-7,9-10H,3,8H2,1-2H3. The van der Waals surface area contributed by atoms with Crippen LogP contribution in [0.1, 0.15) is 30.7 Å². The van der Waals surface area contributed by atoms with Crippen molar-refractivity contribution in [1.82, 2.24) is 14.8 Å². The Morgan fingerprint density at radius 3 is 3.04 bits per heavy atom. The van der Waals surface area contributed by atoms with Gasteiger partial charge >= 0.3 is 0 Å². The Hall–Kier alpha value is -2.32. The molecule has 0 spiro atoms. The zero-order valence-electron chi connectivity index (χ0n) is 12.8. The molecule has 3 rings (SSSR count). The maximum absolute atomic E-state index is 10.9. The molecule has 0 aliphatic heterocycles. The van der Waals surface area contributed by atoms with E-state index in [0.717, 1.165) is 21.6 Å². The van der Waals surface area contributed by atoms with E-state index in [1.807, 2.05) is 19.2 Å². The minimum atomic E-state index is -0.401. The predicted molar refractivity (Wildman–Crippen MR) is 87.6 cm³/mol. The first kappa shape index (κ1) is 15.6. The predicted octanol–water partition coefficient (Wildman–Crippen LogP) is 3.55. The summed E-state index contributed by atoms with van der Waals surface area (Å²) in [6, 6.07) is 4.73. The molecule has 2 aromatic heterocycles. The van der Waals surface area contributed by atoms with Gasteiger partial charge in [0.2, 0.25) is 0 Å². The molecule has 2 heterocycles. The van der Waals surface area contributed by atoms with Crippen LogP contribution in [-0.4, -0.2) is 26.3 Å². The smallest absolute Gasteiger partial charge is 0.271 e. The summed E-state index contributed by atoms with van der Waals surface area (Å²) >= 11 is 1.55. The first-order valence-corrected chi connectivity index (χ1v) is 8.12. The van der Waals surface area contributed by atoms with E-state index < -0.39 is 4.92 Å². The summed E-state index contributed by atoms with van der Waals surface area (Å²) in [5.41, 5.74) is 1.66. The molecular weight excluding hydrogens is 316 g/mol. The van der Waals surface area contributed by atoms with Crippen LogP contribution >= 0.6 is 11.3 Å². The highest BCUT2D eigenvalue weighted by atomic mass is 32.1. The first-order valence-electron chi connectivity index (χ1n) is 7.24. The molecule has 1 aromatic carbocycles. The van der Waals surface area contributed by atoms with Gasteiger partial charge in [-0.1, -0.05) is 0 Å². The molecule has 120 valence electrons.